The summed E-state index contributed by atoms with van der Waals surface area (Å²) in [6, 6.07) is 0. The molecule has 0 unspecified atom stereocenters. The molecule has 0 bridgehead atoms. The third-order valence-corrected chi connectivity index (χ3v) is 2.32. The molecular weight excluding hydrogens is 258 g/mol. The van der Waals surface area contributed by atoms with Gasteiger partial charge in [-0.25, -0.2) is 4.79 Å². The van der Waals surface area contributed by atoms with Gasteiger partial charge in [-0.1, -0.05) is 21.1 Å². The topological polar surface area (TPSA) is 77.4 Å². The van der Waals surface area contributed by atoms with E-state index in [1.807, 2.05) is 0 Å². The lowest BCUT2D eigenvalue weighted by Gasteiger charge is -2.27. The number of nitrogens with zero attached hydrogens (tertiary/aromatic N) is 1. The normalized spacial score (nSPS) is 12.7. The maximum absolute atomic E-state index is 10.8. The third kappa shape index (κ3) is 2.66. The van der Waals surface area contributed by atoms with Gasteiger partial charge in [0, 0.05) is 14.2 Å². The van der Waals surface area contributed by atoms with Crippen LogP contribution in [-0.4, -0.2) is 49.2 Å². The minimum Gasteiger partial charge on any atom is -0.477 e. The summed E-state index contributed by atoms with van der Waals surface area (Å²) in [6.07, 6.45) is 0. The molecule has 1 N–H and O–H groups in total. The molecule has 0 spiro atoms. The van der Waals surface area contributed by atoms with E-state index < -0.39 is 11.8 Å². The molecule has 0 aliphatic carbocycles. The standard InChI is InChI=1S/C7H12BrNO5/c1-12-7(4-8,13-2)5(6(10)11)9-14-3/h4H2,1-3H3,(H,10,11). The van der Waals surface area contributed by atoms with Crippen molar-refractivity contribution in [2.45, 2.75) is 5.79 Å². The van der Waals surface area contributed by atoms with Gasteiger partial charge in [-0.3, -0.25) is 0 Å². The molecule has 14 heavy (non-hydrogen) atoms. The number of aliphatic carboxylic acids is 1. The van der Waals surface area contributed by atoms with Crippen LogP contribution in [0.3, 0.4) is 0 Å². The molecular formula is C7H12BrNO5. The molecule has 0 aliphatic heterocycles. The van der Waals surface area contributed by atoms with E-state index in [1.165, 1.54) is 21.3 Å². The maximum atomic E-state index is 10.8. The molecule has 0 saturated carbocycles. The Morgan fingerprint density at radius 3 is 2.14 bits per heavy atom. The van der Waals surface area contributed by atoms with Gasteiger partial charge in [-0.2, -0.15) is 0 Å². The van der Waals surface area contributed by atoms with Crippen molar-refractivity contribution in [2.75, 3.05) is 26.7 Å². The van der Waals surface area contributed by atoms with Crippen molar-refractivity contribution in [1.82, 2.24) is 0 Å². The van der Waals surface area contributed by atoms with Crippen molar-refractivity contribution in [3.63, 3.8) is 0 Å². The van der Waals surface area contributed by atoms with Crippen molar-refractivity contribution in [1.29, 1.82) is 0 Å². The Kier molecular flexibility index (Phi) is 5.66. The van der Waals surface area contributed by atoms with Crippen LogP contribution in [0.1, 0.15) is 0 Å². The lowest BCUT2D eigenvalue weighted by molar-refractivity contribution is -0.149. The van der Waals surface area contributed by atoms with Gasteiger partial charge in [0.25, 0.3) is 0 Å². The fourth-order valence-corrected chi connectivity index (χ4v) is 1.54. The first-order valence-corrected chi connectivity index (χ1v) is 4.71. The number of hydrogen-bond acceptors (Lipinski definition) is 5. The molecule has 0 rings (SSSR count). The van der Waals surface area contributed by atoms with E-state index in [1.54, 1.807) is 0 Å². The van der Waals surface area contributed by atoms with E-state index in [9.17, 15) is 4.79 Å². The van der Waals surface area contributed by atoms with Crippen LogP contribution in [-0.2, 0) is 19.1 Å². The van der Waals surface area contributed by atoms with Crippen LogP contribution in [0.5, 0.6) is 0 Å². The smallest absolute Gasteiger partial charge is 0.359 e. The lowest BCUT2D eigenvalue weighted by Crippen LogP contribution is -2.48. The highest BCUT2D eigenvalue weighted by Crippen LogP contribution is 2.17. The van der Waals surface area contributed by atoms with Gasteiger partial charge in [0.05, 0.1) is 5.33 Å². The molecule has 0 radical (unpaired) electrons. The highest BCUT2D eigenvalue weighted by Gasteiger charge is 2.41. The Morgan fingerprint density at radius 2 is 1.93 bits per heavy atom. The molecule has 0 aromatic carbocycles. The first-order chi connectivity index (χ1) is 6.57. The van der Waals surface area contributed by atoms with Gasteiger partial charge in [-0.05, 0) is 0 Å². The van der Waals surface area contributed by atoms with Gasteiger partial charge >= 0.3 is 5.97 Å². The lowest BCUT2D eigenvalue weighted by atomic mass is 10.2. The van der Waals surface area contributed by atoms with E-state index in [-0.39, 0.29) is 11.0 Å². The van der Waals surface area contributed by atoms with Crippen molar-refractivity contribution >= 4 is 27.6 Å². The Hall–Kier alpha value is -0.660. The number of oxime groups is 1. The number of alkyl halides is 1. The van der Waals surface area contributed by atoms with Crippen molar-refractivity contribution in [3.8, 4) is 0 Å². The molecule has 0 aromatic rings. The number of methoxy groups -OCH3 is 2. The van der Waals surface area contributed by atoms with Crippen LogP contribution >= 0.6 is 15.9 Å². The fraction of sp³-hybridized carbons (Fsp3) is 0.714. The van der Waals surface area contributed by atoms with E-state index in [4.69, 9.17) is 14.6 Å². The molecule has 0 aliphatic rings. The number of ether oxygens (including phenoxy) is 2. The first kappa shape index (κ1) is 13.3. The van der Waals surface area contributed by atoms with Crippen LogP contribution in [0, 0.1) is 0 Å². The average Bonchev–Trinajstić information content (AvgIpc) is 2.19. The SMILES string of the molecule is CON=C(C(=O)O)C(CBr)(OC)OC. The van der Waals surface area contributed by atoms with Crippen LogP contribution in [0.4, 0.5) is 0 Å². The molecule has 0 heterocycles. The summed E-state index contributed by atoms with van der Waals surface area (Å²) in [5.41, 5.74) is -0.359. The molecule has 82 valence electrons. The van der Waals surface area contributed by atoms with Crippen LogP contribution in [0.25, 0.3) is 0 Å². The minimum atomic E-state index is -1.44. The van der Waals surface area contributed by atoms with Crippen molar-refractivity contribution < 1.29 is 24.2 Å². The number of carboxylic acids is 1. The van der Waals surface area contributed by atoms with Crippen LogP contribution in [0.2, 0.25) is 0 Å². The summed E-state index contributed by atoms with van der Waals surface area (Å²) in [7, 11) is 3.88. The molecule has 0 saturated heterocycles. The van der Waals surface area contributed by atoms with Gasteiger partial charge in [-0.15, -0.1) is 0 Å². The van der Waals surface area contributed by atoms with E-state index in [0.717, 1.165) is 0 Å². The number of hydrogen-bond donors (Lipinski definition) is 1. The monoisotopic (exact) mass is 269 g/mol. The second-order valence-corrected chi connectivity index (χ2v) is 2.78. The number of carbonyl (C=O) groups is 1. The zero-order valence-electron chi connectivity index (χ0n) is 8.11. The Balaban J connectivity index is 5.11. The van der Waals surface area contributed by atoms with Gasteiger partial charge in [0.1, 0.15) is 7.11 Å². The van der Waals surface area contributed by atoms with Gasteiger partial charge in [0.15, 0.2) is 0 Å². The molecule has 0 fully saturated rings. The highest BCUT2D eigenvalue weighted by molar-refractivity contribution is 9.09. The summed E-state index contributed by atoms with van der Waals surface area (Å²) in [4.78, 5) is 15.2. The second kappa shape index (κ2) is 5.94. The number of carboxylic acid groups (broad SMARTS) is 1. The maximum Gasteiger partial charge on any atom is 0.359 e. The Morgan fingerprint density at radius 1 is 1.43 bits per heavy atom. The van der Waals surface area contributed by atoms with E-state index in [0.29, 0.717) is 0 Å². The quantitative estimate of drug-likeness (QED) is 0.328. The van der Waals surface area contributed by atoms with Crippen molar-refractivity contribution in [3.05, 3.63) is 0 Å². The zero-order chi connectivity index (χ0) is 11.2. The van der Waals surface area contributed by atoms with E-state index in [2.05, 4.69) is 25.9 Å². The second-order valence-electron chi connectivity index (χ2n) is 2.22. The summed E-state index contributed by atoms with van der Waals surface area (Å²) in [5.74, 6) is -2.71. The molecule has 6 nitrogen and oxygen atoms in total. The van der Waals surface area contributed by atoms with Crippen molar-refractivity contribution in [2.24, 2.45) is 5.16 Å². The minimum absolute atomic E-state index is 0.126. The molecule has 7 heteroatoms. The third-order valence-electron chi connectivity index (χ3n) is 1.58. The molecule has 0 aromatic heterocycles. The number of rotatable bonds is 6. The Labute approximate surface area is 89.9 Å². The van der Waals surface area contributed by atoms with Gasteiger partial charge < -0.3 is 19.4 Å². The van der Waals surface area contributed by atoms with Crippen LogP contribution < -0.4 is 0 Å². The average molecular weight is 270 g/mol. The predicted molar refractivity (Wildman–Crippen MR) is 52.6 cm³/mol. The number of halogens is 1. The summed E-state index contributed by atoms with van der Waals surface area (Å²) in [5, 5.41) is 12.3. The zero-order valence-corrected chi connectivity index (χ0v) is 9.70. The molecule has 0 amide bonds. The highest BCUT2D eigenvalue weighted by atomic mass is 79.9. The summed E-state index contributed by atoms with van der Waals surface area (Å²) in [6.45, 7) is 0. The predicted octanol–water partition coefficient (Wildman–Crippen LogP) is 0.457. The Bertz CT molecular complexity index is 218. The fourth-order valence-electron chi connectivity index (χ4n) is 0.812. The largest absolute Gasteiger partial charge is 0.477 e. The van der Waals surface area contributed by atoms with Gasteiger partial charge in [0.2, 0.25) is 11.5 Å². The summed E-state index contributed by atoms with van der Waals surface area (Å²) < 4.78 is 9.90. The first-order valence-electron chi connectivity index (χ1n) is 3.59. The molecule has 0 atom stereocenters. The van der Waals surface area contributed by atoms with E-state index >= 15 is 0 Å². The summed E-state index contributed by atoms with van der Waals surface area (Å²) >= 11 is 3.08. The van der Waals surface area contributed by atoms with Crippen LogP contribution in [0.15, 0.2) is 5.16 Å².